The van der Waals surface area contributed by atoms with Gasteiger partial charge < -0.3 is 0 Å². The summed E-state index contributed by atoms with van der Waals surface area (Å²) in [7, 11) is 0. The first kappa shape index (κ1) is 13.2. The minimum atomic E-state index is 1.14. The standard InChI is InChI=1S/C14H24/c1-5-6-7-8-11-14(4)12-9-10-13(2)3/h5,10-11H,1,6-9,12H2,2-4H3/b14-11+. The van der Waals surface area contributed by atoms with Crippen LogP contribution in [0.2, 0.25) is 0 Å². The second-order valence-electron chi connectivity index (χ2n) is 4.09. The molecular formula is C14H24. The molecule has 0 radical (unpaired) electrons. The van der Waals surface area contributed by atoms with E-state index in [1.807, 2.05) is 6.08 Å². The number of allylic oxidation sites excluding steroid dienone is 5. The van der Waals surface area contributed by atoms with E-state index in [9.17, 15) is 0 Å². The molecule has 0 heterocycles. The zero-order valence-electron chi connectivity index (χ0n) is 9.97. The van der Waals surface area contributed by atoms with Crippen molar-refractivity contribution >= 4 is 0 Å². The van der Waals surface area contributed by atoms with Crippen LogP contribution in [0.4, 0.5) is 0 Å². The van der Waals surface area contributed by atoms with Crippen molar-refractivity contribution in [2.45, 2.75) is 52.9 Å². The molecule has 0 nitrogen and oxygen atoms in total. The van der Waals surface area contributed by atoms with E-state index in [1.54, 1.807) is 0 Å². The molecular weight excluding hydrogens is 168 g/mol. The highest BCUT2D eigenvalue weighted by atomic mass is 13.9. The Labute approximate surface area is 89.4 Å². The van der Waals surface area contributed by atoms with Gasteiger partial charge in [-0.2, -0.15) is 0 Å². The summed E-state index contributed by atoms with van der Waals surface area (Å²) in [4.78, 5) is 0. The van der Waals surface area contributed by atoms with Crippen molar-refractivity contribution in [1.82, 2.24) is 0 Å². The molecule has 0 aromatic carbocycles. The van der Waals surface area contributed by atoms with Crippen LogP contribution in [-0.2, 0) is 0 Å². The Morgan fingerprint density at radius 2 is 1.71 bits per heavy atom. The summed E-state index contributed by atoms with van der Waals surface area (Å²) in [5.41, 5.74) is 2.94. The maximum absolute atomic E-state index is 3.72. The highest BCUT2D eigenvalue weighted by Gasteiger charge is 1.88. The molecule has 0 unspecified atom stereocenters. The lowest BCUT2D eigenvalue weighted by atomic mass is 10.1. The summed E-state index contributed by atoms with van der Waals surface area (Å²) in [6.45, 7) is 10.3. The topological polar surface area (TPSA) is 0 Å². The Hall–Kier alpha value is -0.780. The molecule has 0 spiro atoms. The molecule has 80 valence electrons. The van der Waals surface area contributed by atoms with Crippen LogP contribution in [-0.4, -0.2) is 0 Å². The molecule has 0 atom stereocenters. The Morgan fingerprint density at radius 3 is 2.29 bits per heavy atom. The molecule has 0 aliphatic heterocycles. The molecule has 0 amide bonds. The van der Waals surface area contributed by atoms with Gasteiger partial charge in [0.2, 0.25) is 0 Å². The van der Waals surface area contributed by atoms with E-state index in [-0.39, 0.29) is 0 Å². The van der Waals surface area contributed by atoms with Crippen LogP contribution in [0.5, 0.6) is 0 Å². The largest absolute Gasteiger partial charge is 0.103 e. The van der Waals surface area contributed by atoms with Crippen LogP contribution in [0.1, 0.15) is 52.9 Å². The highest BCUT2D eigenvalue weighted by Crippen LogP contribution is 2.09. The van der Waals surface area contributed by atoms with Crippen molar-refractivity contribution in [3.05, 3.63) is 36.0 Å². The predicted octanol–water partition coefficient (Wildman–Crippen LogP) is 5.04. The van der Waals surface area contributed by atoms with Gasteiger partial charge in [-0.15, -0.1) is 6.58 Å². The van der Waals surface area contributed by atoms with Crippen molar-refractivity contribution in [2.24, 2.45) is 0 Å². The van der Waals surface area contributed by atoms with E-state index in [1.165, 1.54) is 36.8 Å². The molecule has 0 saturated heterocycles. The summed E-state index contributed by atoms with van der Waals surface area (Å²) in [6, 6.07) is 0. The van der Waals surface area contributed by atoms with E-state index in [0.717, 1.165) is 6.42 Å². The number of rotatable bonds is 7. The minimum Gasteiger partial charge on any atom is -0.103 e. The maximum atomic E-state index is 3.72. The summed E-state index contributed by atoms with van der Waals surface area (Å²) in [5.74, 6) is 0. The van der Waals surface area contributed by atoms with Gasteiger partial charge in [0.15, 0.2) is 0 Å². The zero-order chi connectivity index (χ0) is 10.8. The van der Waals surface area contributed by atoms with Gasteiger partial charge in [0, 0.05) is 0 Å². The third-order valence-electron chi connectivity index (χ3n) is 2.20. The second-order valence-corrected chi connectivity index (χ2v) is 4.09. The Bertz CT molecular complexity index is 202. The summed E-state index contributed by atoms with van der Waals surface area (Å²) >= 11 is 0. The second kappa shape index (κ2) is 8.80. The Morgan fingerprint density at radius 1 is 1.00 bits per heavy atom. The lowest BCUT2D eigenvalue weighted by Crippen LogP contribution is -1.78. The highest BCUT2D eigenvalue weighted by molar-refractivity contribution is 5.02. The average molecular weight is 192 g/mol. The number of unbranched alkanes of at least 4 members (excludes halogenated alkanes) is 2. The third-order valence-corrected chi connectivity index (χ3v) is 2.20. The SMILES string of the molecule is C=CCCC/C=C(\C)CCC=C(C)C. The smallest absolute Gasteiger partial charge is 0.0288 e. The van der Waals surface area contributed by atoms with Crippen molar-refractivity contribution < 1.29 is 0 Å². The van der Waals surface area contributed by atoms with Gasteiger partial charge in [0.05, 0.1) is 0 Å². The molecule has 0 saturated carbocycles. The van der Waals surface area contributed by atoms with Crippen molar-refractivity contribution in [2.75, 3.05) is 0 Å². The fourth-order valence-corrected chi connectivity index (χ4v) is 1.30. The van der Waals surface area contributed by atoms with Gasteiger partial charge in [-0.25, -0.2) is 0 Å². The molecule has 0 aromatic heterocycles. The van der Waals surface area contributed by atoms with Gasteiger partial charge in [0.25, 0.3) is 0 Å². The summed E-state index contributed by atoms with van der Waals surface area (Å²) in [5, 5.41) is 0. The lowest BCUT2D eigenvalue weighted by molar-refractivity contribution is 0.851. The van der Waals surface area contributed by atoms with Gasteiger partial charge in [0.1, 0.15) is 0 Å². The fraction of sp³-hybridized carbons (Fsp3) is 0.571. The molecule has 0 aliphatic carbocycles. The van der Waals surface area contributed by atoms with Crippen molar-refractivity contribution in [1.29, 1.82) is 0 Å². The lowest BCUT2D eigenvalue weighted by Gasteiger charge is -1.98. The first-order valence-corrected chi connectivity index (χ1v) is 5.56. The zero-order valence-corrected chi connectivity index (χ0v) is 9.97. The van der Waals surface area contributed by atoms with E-state index in [0.29, 0.717) is 0 Å². The van der Waals surface area contributed by atoms with Crippen molar-refractivity contribution in [3.63, 3.8) is 0 Å². The molecule has 14 heavy (non-hydrogen) atoms. The normalized spacial score (nSPS) is 11.2. The molecule has 0 aliphatic rings. The van der Waals surface area contributed by atoms with Gasteiger partial charge >= 0.3 is 0 Å². The first-order chi connectivity index (χ1) is 6.66. The summed E-state index contributed by atoms with van der Waals surface area (Å²) < 4.78 is 0. The predicted molar refractivity (Wildman–Crippen MR) is 66.5 cm³/mol. The van der Waals surface area contributed by atoms with Gasteiger partial charge in [-0.3, -0.25) is 0 Å². The van der Waals surface area contributed by atoms with Crippen LogP contribution >= 0.6 is 0 Å². The number of hydrogen-bond donors (Lipinski definition) is 0. The van der Waals surface area contributed by atoms with Gasteiger partial charge in [-0.05, 0) is 52.9 Å². The van der Waals surface area contributed by atoms with E-state index in [2.05, 4.69) is 39.5 Å². The van der Waals surface area contributed by atoms with Crippen LogP contribution in [0.15, 0.2) is 36.0 Å². The van der Waals surface area contributed by atoms with E-state index >= 15 is 0 Å². The van der Waals surface area contributed by atoms with E-state index in [4.69, 9.17) is 0 Å². The average Bonchev–Trinajstić information content (AvgIpc) is 2.12. The van der Waals surface area contributed by atoms with Crippen LogP contribution in [0.25, 0.3) is 0 Å². The molecule has 0 rings (SSSR count). The quantitative estimate of drug-likeness (QED) is 0.392. The first-order valence-electron chi connectivity index (χ1n) is 5.56. The molecule has 0 bridgehead atoms. The van der Waals surface area contributed by atoms with Crippen molar-refractivity contribution in [3.8, 4) is 0 Å². The number of hydrogen-bond acceptors (Lipinski definition) is 0. The van der Waals surface area contributed by atoms with Crippen LogP contribution in [0.3, 0.4) is 0 Å². The summed E-state index contributed by atoms with van der Waals surface area (Å²) in [6.07, 6.45) is 12.6. The molecule has 0 heteroatoms. The van der Waals surface area contributed by atoms with Crippen LogP contribution < -0.4 is 0 Å². The Kier molecular flexibility index (Phi) is 8.31. The third kappa shape index (κ3) is 9.31. The monoisotopic (exact) mass is 192 g/mol. The van der Waals surface area contributed by atoms with Crippen LogP contribution in [0, 0.1) is 0 Å². The molecule has 0 N–H and O–H groups in total. The van der Waals surface area contributed by atoms with E-state index < -0.39 is 0 Å². The minimum absolute atomic E-state index is 1.14. The Balaban J connectivity index is 3.56. The fourth-order valence-electron chi connectivity index (χ4n) is 1.30. The van der Waals surface area contributed by atoms with Gasteiger partial charge in [-0.1, -0.05) is 29.4 Å². The molecule has 0 fully saturated rings. The maximum Gasteiger partial charge on any atom is -0.0288 e. The molecule has 0 aromatic rings.